The average molecular weight is 589 g/mol. The Balaban J connectivity index is 1.41. The second kappa shape index (κ2) is 13.6. The number of amides is 1. The zero-order chi connectivity index (χ0) is 29.4. The predicted molar refractivity (Wildman–Crippen MR) is 170 cm³/mol. The van der Waals surface area contributed by atoms with Crippen LogP contribution in [0.15, 0.2) is 95.0 Å². The number of ether oxygens (including phenoxy) is 1. The van der Waals surface area contributed by atoms with Crippen molar-refractivity contribution in [3.63, 3.8) is 0 Å². The zero-order valence-electron chi connectivity index (χ0n) is 23.5. The van der Waals surface area contributed by atoms with Crippen molar-refractivity contribution in [3.05, 3.63) is 112 Å². The quantitative estimate of drug-likeness (QED) is 0.0876. The molecule has 0 aromatic heterocycles. The maximum atomic E-state index is 12.4. The summed E-state index contributed by atoms with van der Waals surface area (Å²) in [6, 6.07) is 26.9. The molecule has 0 aliphatic rings. The molecule has 0 aliphatic heterocycles. The summed E-state index contributed by atoms with van der Waals surface area (Å²) in [4.78, 5) is 24.7. The molecule has 4 rings (SSSR count). The highest BCUT2D eigenvalue weighted by molar-refractivity contribution is 8.00. The molecule has 0 bridgehead atoms. The summed E-state index contributed by atoms with van der Waals surface area (Å²) in [7, 11) is 1.66. The molecule has 0 aliphatic carbocycles. The number of methoxy groups -OCH3 is 1. The van der Waals surface area contributed by atoms with Gasteiger partial charge in [-0.05, 0) is 104 Å². The Morgan fingerprint density at radius 2 is 1.71 bits per heavy atom. The number of nitroso groups, excluding NO2 is 1. The molecule has 41 heavy (non-hydrogen) atoms. The van der Waals surface area contributed by atoms with Crippen molar-refractivity contribution >= 4 is 40.8 Å². The lowest BCUT2D eigenvalue weighted by Crippen LogP contribution is -2.28. The number of hydrogen-bond acceptors (Lipinski definition) is 7. The van der Waals surface area contributed by atoms with E-state index in [2.05, 4.69) is 26.6 Å². The van der Waals surface area contributed by atoms with Gasteiger partial charge in [-0.2, -0.15) is 0 Å². The molecule has 0 saturated heterocycles. The van der Waals surface area contributed by atoms with Gasteiger partial charge in [0.2, 0.25) is 0 Å². The molecular formula is C32H33ClN4O3S. The van der Waals surface area contributed by atoms with Crippen LogP contribution in [0.5, 0.6) is 5.75 Å². The molecule has 9 heteroatoms. The van der Waals surface area contributed by atoms with Crippen LogP contribution in [0, 0.1) is 11.8 Å². The number of nitrogens with one attached hydrogen (secondary N) is 3. The van der Waals surface area contributed by atoms with Gasteiger partial charge in [-0.15, -0.1) is 4.91 Å². The van der Waals surface area contributed by atoms with E-state index >= 15 is 0 Å². The maximum Gasteiger partial charge on any atom is 0.252 e. The first-order valence-corrected chi connectivity index (χ1v) is 14.3. The largest absolute Gasteiger partial charge is 0.496 e. The van der Waals surface area contributed by atoms with Gasteiger partial charge < -0.3 is 20.1 Å². The molecule has 0 unspecified atom stereocenters. The van der Waals surface area contributed by atoms with E-state index in [1.54, 1.807) is 31.4 Å². The lowest BCUT2D eigenvalue weighted by atomic mass is 9.91. The van der Waals surface area contributed by atoms with Crippen LogP contribution in [0.3, 0.4) is 0 Å². The minimum atomic E-state index is -0.810. The molecule has 0 heterocycles. The fourth-order valence-corrected chi connectivity index (χ4v) is 5.26. The highest BCUT2D eigenvalue weighted by Crippen LogP contribution is 2.38. The summed E-state index contributed by atoms with van der Waals surface area (Å²) >= 11 is 7.56. The Labute approximate surface area is 250 Å². The fourth-order valence-electron chi connectivity index (χ4n) is 4.26. The molecule has 0 atom stereocenters. The van der Waals surface area contributed by atoms with Gasteiger partial charge in [0.05, 0.1) is 22.6 Å². The number of hydrogen-bond donors (Lipinski definition) is 3. The number of benzene rings is 4. The molecule has 4 aromatic rings. The topological polar surface area (TPSA) is 91.8 Å². The number of halogens is 1. The van der Waals surface area contributed by atoms with Gasteiger partial charge >= 0.3 is 0 Å². The monoisotopic (exact) mass is 588 g/mol. The van der Waals surface area contributed by atoms with Crippen LogP contribution in [0.1, 0.15) is 35.3 Å². The van der Waals surface area contributed by atoms with Gasteiger partial charge in [0.25, 0.3) is 5.91 Å². The van der Waals surface area contributed by atoms with E-state index in [4.69, 9.17) is 16.3 Å². The Bertz CT molecular complexity index is 1540. The number of rotatable bonds is 12. The Hall–Kier alpha value is -4.01. The maximum absolute atomic E-state index is 12.4. The molecule has 0 saturated carbocycles. The standard InChI is InChI=1S/C32H33ClN4O3S/c1-21-17-29(40-4)30(20-27(21)22-9-7-10-23(18-22)32(2,3)37-39)41-36-25-12-8-11-24(19-25)34-15-16-35-31(38)26-13-5-6-14-28(26)33/h5-14,17-20,34,36H,15-16H2,1-4H3,(H,35,38). The second-order valence-electron chi connectivity index (χ2n) is 10.00. The van der Waals surface area contributed by atoms with Crippen molar-refractivity contribution < 1.29 is 9.53 Å². The Morgan fingerprint density at radius 1 is 0.951 bits per heavy atom. The van der Waals surface area contributed by atoms with Crippen molar-refractivity contribution in [2.75, 3.05) is 30.2 Å². The number of nitrogens with zero attached hydrogens (tertiary/aromatic N) is 1. The molecule has 212 valence electrons. The van der Waals surface area contributed by atoms with E-state index in [1.807, 2.05) is 75.4 Å². The Morgan fingerprint density at radius 3 is 2.46 bits per heavy atom. The third-order valence-electron chi connectivity index (χ3n) is 6.62. The van der Waals surface area contributed by atoms with Gasteiger partial charge in [-0.1, -0.05) is 53.2 Å². The van der Waals surface area contributed by atoms with Crippen molar-refractivity contribution in [2.24, 2.45) is 5.18 Å². The molecule has 0 fully saturated rings. The van der Waals surface area contributed by atoms with Gasteiger partial charge in [0.1, 0.15) is 11.3 Å². The van der Waals surface area contributed by atoms with E-state index in [0.29, 0.717) is 23.7 Å². The first kappa shape index (κ1) is 30.0. The number of aryl methyl sites for hydroxylation is 1. The van der Waals surface area contributed by atoms with Crippen molar-refractivity contribution in [1.29, 1.82) is 0 Å². The SMILES string of the molecule is COc1cc(C)c(-c2cccc(C(C)(C)N=O)c2)cc1SNc1cccc(NCCNC(=O)c2ccccc2Cl)c1. The third kappa shape index (κ3) is 7.60. The molecule has 1 amide bonds. The number of anilines is 2. The molecule has 3 N–H and O–H groups in total. The Kier molecular flexibility index (Phi) is 9.91. The molecule has 4 aromatic carbocycles. The van der Waals surface area contributed by atoms with Crippen LogP contribution in [0.2, 0.25) is 5.02 Å². The summed E-state index contributed by atoms with van der Waals surface area (Å²) in [6.07, 6.45) is 0. The third-order valence-corrected chi connectivity index (χ3v) is 7.82. The summed E-state index contributed by atoms with van der Waals surface area (Å²) < 4.78 is 9.09. The average Bonchev–Trinajstić information content (AvgIpc) is 2.99. The van der Waals surface area contributed by atoms with Crippen LogP contribution in [0.4, 0.5) is 11.4 Å². The lowest BCUT2D eigenvalue weighted by molar-refractivity contribution is 0.0955. The number of carbonyl (C=O) groups excluding carboxylic acids is 1. The lowest BCUT2D eigenvalue weighted by Gasteiger charge is -2.18. The van der Waals surface area contributed by atoms with Crippen molar-refractivity contribution in [3.8, 4) is 16.9 Å². The van der Waals surface area contributed by atoms with Crippen LogP contribution < -0.4 is 20.1 Å². The summed E-state index contributed by atoms with van der Waals surface area (Å²) in [5.74, 6) is 0.560. The highest BCUT2D eigenvalue weighted by atomic mass is 35.5. The summed E-state index contributed by atoms with van der Waals surface area (Å²) in [5, 5.41) is 9.94. The smallest absolute Gasteiger partial charge is 0.252 e. The summed E-state index contributed by atoms with van der Waals surface area (Å²) in [5.41, 5.74) is 5.46. The van der Waals surface area contributed by atoms with Gasteiger partial charge in [-0.3, -0.25) is 4.79 Å². The predicted octanol–water partition coefficient (Wildman–Crippen LogP) is 8.29. The first-order chi connectivity index (χ1) is 19.7. The van der Waals surface area contributed by atoms with E-state index in [9.17, 15) is 9.70 Å². The van der Waals surface area contributed by atoms with Crippen LogP contribution in [-0.2, 0) is 5.54 Å². The highest BCUT2D eigenvalue weighted by Gasteiger charge is 2.22. The molecule has 0 spiro atoms. The van der Waals surface area contributed by atoms with E-state index in [0.717, 1.165) is 44.3 Å². The zero-order valence-corrected chi connectivity index (χ0v) is 25.0. The van der Waals surface area contributed by atoms with Crippen molar-refractivity contribution in [1.82, 2.24) is 5.32 Å². The number of carbonyl (C=O) groups is 1. The van der Waals surface area contributed by atoms with E-state index in [-0.39, 0.29) is 5.91 Å². The minimum Gasteiger partial charge on any atom is -0.496 e. The van der Waals surface area contributed by atoms with Crippen LogP contribution in [-0.4, -0.2) is 26.1 Å². The summed E-state index contributed by atoms with van der Waals surface area (Å²) in [6.45, 7) is 6.66. The van der Waals surface area contributed by atoms with E-state index < -0.39 is 5.54 Å². The molecule has 7 nitrogen and oxygen atoms in total. The second-order valence-corrected chi connectivity index (χ2v) is 11.3. The van der Waals surface area contributed by atoms with Gasteiger partial charge in [-0.25, -0.2) is 0 Å². The fraction of sp³-hybridized carbons (Fsp3) is 0.219. The molecular weight excluding hydrogens is 556 g/mol. The van der Waals surface area contributed by atoms with Crippen LogP contribution in [0.25, 0.3) is 11.1 Å². The van der Waals surface area contributed by atoms with Crippen LogP contribution >= 0.6 is 23.5 Å². The van der Waals surface area contributed by atoms with Gasteiger partial charge in [0.15, 0.2) is 0 Å². The first-order valence-electron chi connectivity index (χ1n) is 13.2. The van der Waals surface area contributed by atoms with E-state index in [1.165, 1.54) is 11.9 Å². The van der Waals surface area contributed by atoms with Gasteiger partial charge in [0, 0.05) is 24.5 Å². The molecule has 0 radical (unpaired) electrons. The normalized spacial score (nSPS) is 11.0. The minimum absolute atomic E-state index is 0.202. The van der Waals surface area contributed by atoms with Crippen molar-refractivity contribution in [2.45, 2.75) is 31.2 Å².